The molecule has 0 aliphatic rings. The maximum atomic E-state index is 10.8. The molecule has 5 heteroatoms. The molecule has 0 saturated heterocycles. The molecule has 82 valence electrons. The first-order chi connectivity index (χ1) is 7.50. The second-order valence-electron chi connectivity index (χ2n) is 3.42. The van der Waals surface area contributed by atoms with Crippen LogP contribution in [-0.2, 0) is 0 Å². The van der Waals surface area contributed by atoms with E-state index in [1.54, 1.807) is 13.0 Å². The van der Waals surface area contributed by atoms with E-state index >= 15 is 0 Å². The maximum Gasteiger partial charge on any atom is 0.354 e. The summed E-state index contributed by atoms with van der Waals surface area (Å²) in [6.45, 7) is 1.76. The third-order valence-corrected chi connectivity index (χ3v) is 3.21. The van der Waals surface area contributed by atoms with Gasteiger partial charge in [-0.1, -0.05) is 0 Å². The fourth-order valence-corrected chi connectivity index (χ4v) is 2.38. The van der Waals surface area contributed by atoms with Crippen molar-refractivity contribution in [3.05, 3.63) is 33.0 Å². The van der Waals surface area contributed by atoms with Crippen LogP contribution in [0.1, 0.15) is 16.1 Å². The zero-order chi connectivity index (χ0) is 11.9. The van der Waals surface area contributed by atoms with Gasteiger partial charge in [-0.2, -0.15) is 0 Å². The van der Waals surface area contributed by atoms with Crippen molar-refractivity contribution < 1.29 is 15.0 Å². The molecule has 0 spiro atoms. The topological polar surface area (TPSA) is 70.4 Å². The van der Waals surface area contributed by atoms with Gasteiger partial charge in [0.05, 0.1) is 0 Å². The van der Waals surface area contributed by atoms with Crippen LogP contribution in [0.25, 0.3) is 10.9 Å². The van der Waals surface area contributed by atoms with Gasteiger partial charge in [0.15, 0.2) is 0 Å². The summed E-state index contributed by atoms with van der Waals surface area (Å²) in [5.74, 6) is -1.06. The summed E-state index contributed by atoms with van der Waals surface area (Å²) in [4.78, 5) is 14.7. The summed E-state index contributed by atoms with van der Waals surface area (Å²) in [5.41, 5.74) is 0.959. The molecular weight excluding hydrogens is 321 g/mol. The molecule has 0 aliphatic carbocycles. The standard InChI is InChI=1S/C11H8INO3/c1-5-4-7(12)6-2-3-8(11(15)16)13-9(6)10(5)14/h2-4,14H,1H3,(H,15,16). The van der Waals surface area contributed by atoms with Crippen LogP contribution in [0.4, 0.5) is 0 Å². The number of phenols is 1. The smallest absolute Gasteiger partial charge is 0.354 e. The van der Waals surface area contributed by atoms with Crippen LogP contribution in [-0.4, -0.2) is 21.2 Å². The number of carboxylic acid groups (broad SMARTS) is 1. The van der Waals surface area contributed by atoms with Crippen molar-refractivity contribution in [3.63, 3.8) is 0 Å². The first-order valence-corrected chi connectivity index (χ1v) is 5.60. The van der Waals surface area contributed by atoms with E-state index in [2.05, 4.69) is 27.6 Å². The van der Waals surface area contributed by atoms with Gasteiger partial charge in [-0.15, -0.1) is 0 Å². The van der Waals surface area contributed by atoms with E-state index in [4.69, 9.17) is 5.11 Å². The average molecular weight is 329 g/mol. The number of halogens is 1. The Balaban J connectivity index is 2.86. The minimum Gasteiger partial charge on any atom is -0.505 e. The average Bonchev–Trinajstić information content (AvgIpc) is 2.25. The lowest BCUT2D eigenvalue weighted by molar-refractivity contribution is 0.0691. The highest BCUT2D eigenvalue weighted by atomic mass is 127. The molecule has 0 unspecified atom stereocenters. The van der Waals surface area contributed by atoms with Crippen molar-refractivity contribution in [2.75, 3.05) is 0 Å². The van der Waals surface area contributed by atoms with Gasteiger partial charge in [0, 0.05) is 8.96 Å². The molecule has 2 aromatic rings. The largest absolute Gasteiger partial charge is 0.505 e. The van der Waals surface area contributed by atoms with E-state index in [0.717, 1.165) is 8.96 Å². The lowest BCUT2D eigenvalue weighted by Gasteiger charge is -2.06. The van der Waals surface area contributed by atoms with Gasteiger partial charge >= 0.3 is 5.97 Å². The minimum absolute atomic E-state index is 0.0403. The number of fused-ring (bicyclic) bond motifs is 1. The molecule has 2 rings (SSSR count). The van der Waals surface area contributed by atoms with Gasteiger partial charge in [0.2, 0.25) is 0 Å². The Hall–Kier alpha value is -1.37. The van der Waals surface area contributed by atoms with Gasteiger partial charge < -0.3 is 10.2 Å². The lowest BCUT2D eigenvalue weighted by atomic mass is 10.1. The number of hydrogen-bond acceptors (Lipinski definition) is 3. The number of pyridine rings is 1. The van der Waals surface area contributed by atoms with Crippen LogP contribution in [0.3, 0.4) is 0 Å². The maximum absolute atomic E-state index is 10.8. The zero-order valence-corrected chi connectivity index (χ0v) is 10.5. The second kappa shape index (κ2) is 3.89. The number of carbonyl (C=O) groups is 1. The Morgan fingerprint density at radius 2 is 2.12 bits per heavy atom. The summed E-state index contributed by atoms with van der Waals surface area (Å²) in [6.07, 6.45) is 0. The van der Waals surface area contributed by atoms with Crippen LogP contribution < -0.4 is 0 Å². The third-order valence-electron chi connectivity index (χ3n) is 2.31. The first kappa shape index (κ1) is 11.1. The molecule has 1 aromatic heterocycles. The van der Waals surface area contributed by atoms with E-state index < -0.39 is 5.97 Å². The summed E-state index contributed by atoms with van der Waals surface area (Å²) in [6, 6.07) is 4.93. The fraction of sp³-hybridized carbons (Fsp3) is 0.0909. The van der Waals surface area contributed by atoms with Crippen molar-refractivity contribution in [2.45, 2.75) is 6.92 Å². The quantitative estimate of drug-likeness (QED) is 0.789. The van der Waals surface area contributed by atoms with Gasteiger partial charge in [0.1, 0.15) is 17.0 Å². The molecule has 1 aromatic carbocycles. The number of nitrogens with zero attached hydrogens (tertiary/aromatic N) is 1. The van der Waals surface area contributed by atoms with E-state index in [-0.39, 0.29) is 11.4 Å². The fourth-order valence-electron chi connectivity index (χ4n) is 1.47. The number of rotatable bonds is 1. The van der Waals surface area contributed by atoms with Crippen molar-refractivity contribution >= 4 is 39.5 Å². The first-order valence-electron chi connectivity index (χ1n) is 4.53. The minimum atomic E-state index is -1.10. The number of carboxylic acids is 1. The molecule has 2 N–H and O–H groups in total. The number of phenolic OH excluding ortho intramolecular Hbond substituents is 1. The molecule has 0 fully saturated rings. The molecule has 0 amide bonds. The highest BCUT2D eigenvalue weighted by Crippen LogP contribution is 2.30. The molecule has 0 aliphatic heterocycles. The molecule has 0 radical (unpaired) electrons. The van der Waals surface area contributed by atoms with Gasteiger partial charge in [0.25, 0.3) is 0 Å². The van der Waals surface area contributed by atoms with Crippen molar-refractivity contribution in [1.82, 2.24) is 4.98 Å². The Kier molecular flexibility index (Phi) is 2.71. The predicted molar refractivity (Wildman–Crippen MR) is 67.8 cm³/mol. The molecule has 16 heavy (non-hydrogen) atoms. The molecular formula is C11H8INO3. The second-order valence-corrected chi connectivity index (χ2v) is 4.58. The third kappa shape index (κ3) is 1.71. The van der Waals surface area contributed by atoms with Crippen molar-refractivity contribution in [1.29, 1.82) is 0 Å². The van der Waals surface area contributed by atoms with Crippen molar-refractivity contribution in [3.8, 4) is 5.75 Å². The number of aromatic nitrogens is 1. The monoisotopic (exact) mass is 329 g/mol. The highest BCUT2D eigenvalue weighted by molar-refractivity contribution is 14.1. The molecule has 1 heterocycles. The van der Waals surface area contributed by atoms with Gasteiger partial charge in [-0.25, -0.2) is 9.78 Å². The number of aryl methyl sites for hydroxylation is 1. The molecule has 4 nitrogen and oxygen atoms in total. The Labute approximate surface area is 105 Å². The number of aromatic carboxylic acids is 1. The number of hydrogen-bond donors (Lipinski definition) is 2. The van der Waals surface area contributed by atoms with Crippen LogP contribution in [0.2, 0.25) is 0 Å². The summed E-state index contributed by atoms with van der Waals surface area (Å²) >= 11 is 2.13. The van der Waals surface area contributed by atoms with Gasteiger partial charge in [-0.3, -0.25) is 0 Å². The Morgan fingerprint density at radius 3 is 2.75 bits per heavy atom. The highest BCUT2D eigenvalue weighted by Gasteiger charge is 2.12. The van der Waals surface area contributed by atoms with E-state index in [0.29, 0.717) is 11.1 Å². The summed E-state index contributed by atoms with van der Waals surface area (Å²) < 4.78 is 0.937. The van der Waals surface area contributed by atoms with E-state index in [1.807, 2.05) is 6.07 Å². The number of aromatic hydroxyl groups is 1. The SMILES string of the molecule is Cc1cc(I)c2ccc(C(=O)O)nc2c1O. The van der Waals surface area contributed by atoms with Crippen LogP contribution in [0, 0.1) is 10.5 Å². The van der Waals surface area contributed by atoms with Crippen molar-refractivity contribution in [2.24, 2.45) is 0 Å². The summed E-state index contributed by atoms with van der Waals surface area (Å²) in [7, 11) is 0. The number of benzene rings is 1. The molecule has 0 bridgehead atoms. The van der Waals surface area contributed by atoms with Crippen LogP contribution >= 0.6 is 22.6 Å². The normalized spacial score (nSPS) is 10.6. The summed E-state index contributed by atoms with van der Waals surface area (Å²) in [5, 5.41) is 19.4. The van der Waals surface area contributed by atoms with Crippen LogP contribution in [0.15, 0.2) is 18.2 Å². The lowest BCUT2D eigenvalue weighted by Crippen LogP contribution is -2.00. The zero-order valence-electron chi connectivity index (χ0n) is 8.36. The Bertz CT molecular complexity index is 595. The van der Waals surface area contributed by atoms with E-state index in [1.165, 1.54) is 6.07 Å². The molecule has 0 atom stereocenters. The molecule has 0 saturated carbocycles. The predicted octanol–water partition coefficient (Wildman–Crippen LogP) is 2.55. The van der Waals surface area contributed by atoms with E-state index in [9.17, 15) is 9.90 Å². The van der Waals surface area contributed by atoms with Crippen LogP contribution in [0.5, 0.6) is 5.75 Å². The van der Waals surface area contributed by atoms with Gasteiger partial charge in [-0.05, 0) is 53.3 Å². The Morgan fingerprint density at radius 1 is 1.44 bits per heavy atom.